The van der Waals surface area contributed by atoms with E-state index in [1.165, 1.54) is 25.5 Å². The van der Waals surface area contributed by atoms with Gasteiger partial charge in [0, 0.05) is 5.56 Å². The zero-order valence-electron chi connectivity index (χ0n) is 16.5. The highest BCUT2D eigenvalue weighted by atomic mass is 32.1. The van der Waals surface area contributed by atoms with Crippen molar-refractivity contribution in [3.05, 3.63) is 89.4 Å². The molecule has 0 aliphatic carbocycles. The molecule has 0 saturated heterocycles. The third kappa shape index (κ3) is 5.77. The number of ether oxygens (including phenoxy) is 1. The number of hydrogen-bond donors (Lipinski definition) is 3. The maximum atomic E-state index is 12.5. The highest BCUT2D eigenvalue weighted by molar-refractivity contribution is 7.80. The summed E-state index contributed by atoms with van der Waals surface area (Å²) in [5, 5.41) is 8.15. The van der Waals surface area contributed by atoms with Gasteiger partial charge < -0.3 is 19.8 Å². The van der Waals surface area contributed by atoms with Crippen molar-refractivity contribution < 1.29 is 23.5 Å². The van der Waals surface area contributed by atoms with E-state index in [4.69, 9.17) is 16.6 Å². The summed E-state index contributed by atoms with van der Waals surface area (Å²) in [7, 11) is 1.26. The molecule has 1 aromatic heterocycles. The van der Waals surface area contributed by atoms with E-state index in [2.05, 4.69) is 20.7 Å². The summed E-state index contributed by atoms with van der Waals surface area (Å²) < 4.78 is 9.86. The van der Waals surface area contributed by atoms with Crippen molar-refractivity contribution in [2.45, 2.75) is 6.54 Å². The van der Waals surface area contributed by atoms with Crippen molar-refractivity contribution in [3.63, 3.8) is 0 Å². The summed E-state index contributed by atoms with van der Waals surface area (Å²) in [5.41, 5.74) is 1.25. The van der Waals surface area contributed by atoms with Gasteiger partial charge in [-0.1, -0.05) is 18.2 Å². The summed E-state index contributed by atoms with van der Waals surface area (Å²) in [6.07, 6.45) is 1.53. The lowest BCUT2D eigenvalue weighted by atomic mass is 10.1. The number of methoxy groups -OCH3 is 1. The van der Waals surface area contributed by atoms with Gasteiger partial charge in [-0.3, -0.25) is 14.9 Å². The molecule has 8 nitrogen and oxygen atoms in total. The SMILES string of the molecule is COC(=O)c1cccc(C(=O)NC(=S)Nc2ccccc2C(=O)NCc2ccco2)c1. The normalized spacial score (nSPS) is 10.1. The molecule has 0 saturated carbocycles. The first kappa shape index (κ1) is 21.7. The van der Waals surface area contributed by atoms with Crippen LogP contribution in [0, 0.1) is 0 Å². The van der Waals surface area contributed by atoms with Crippen molar-refractivity contribution in [2.75, 3.05) is 12.4 Å². The second kappa shape index (κ2) is 10.2. The van der Waals surface area contributed by atoms with E-state index in [1.54, 1.807) is 48.5 Å². The molecule has 31 heavy (non-hydrogen) atoms. The predicted molar refractivity (Wildman–Crippen MR) is 118 cm³/mol. The first-order valence-corrected chi connectivity index (χ1v) is 9.59. The summed E-state index contributed by atoms with van der Waals surface area (Å²) in [4.78, 5) is 36.7. The van der Waals surface area contributed by atoms with E-state index >= 15 is 0 Å². The van der Waals surface area contributed by atoms with Crippen LogP contribution in [0.25, 0.3) is 0 Å². The Hall–Kier alpha value is -3.98. The van der Waals surface area contributed by atoms with Crippen LogP contribution in [0.15, 0.2) is 71.3 Å². The van der Waals surface area contributed by atoms with E-state index in [-0.39, 0.29) is 28.7 Å². The largest absolute Gasteiger partial charge is 0.467 e. The third-order valence-electron chi connectivity index (χ3n) is 4.20. The molecule has 0 spiro atoms. The molecule has 0 aliphatic heterocycles. The lowest BCUT2D eigenvalue weighted by Gasteiger charge is -2.13. The molecule has 2 amide bonds. The maximum absolute atomic E-state index is 12.5. The van der Waals surface area contributed by atoms with Gasteiger partial charge >= 0.3 is 5.97 Å². The highest BCUT2D eigenvalue weighted by Crippen LogP contribution is 2.15. The molecule has 0 atom stereocenters. The fourth-order valence-corrected chi connectivity index (χ4v) is 2.90. The zero-order chi connectivity index (χ0) is 22.2. The van der Waals surface area contributed by atoms with Gasteiger partial charge in [-0.2, -0.15) is 0 Å². The first-order valence-electron chi connectivity index (χ1n) is 9.18. The van der Waals surface area contributed by atoms with Gasteiger partial charge in [0.15, 0.2) is 5.11 Å². The van der Waals surface area contributed by atoms with Crippen LogP contribution in [0.2, 0.25) is 0 Å². The summed E-state index contributed by atoms with van der Waals surface area (Å²) in [6, 6.07) is 16.3. The molecule has 0 bridgehead atoms. The van der Waals surface area contributed by atoms with Crippen LogP contribution in [0.1, 0.15) is 36.8 Å². The van der Waals surface area contributed by atoms with Crippen LogP contribution in [0.5, 0.6) is 0 Å². The topological polar surface area (TPSA) is 110 Å². The molecule has 3 rings (SSSR count). The Morgan fingerprint density at radius 2 is 1.74 bits per heavy atom. The second-order valence-electron chi connectivity index (χ2n) is 6.29. The number of carbonyl (C=O) groups is 3. The number of hydrogen-bond acceptors (Lipinski definition) is 6. The van der Waals surface area contributed by atoms with Gasteiger partial charge in [-0.15, -0.1) is 0 Å². The number of thiocarbonyl (C=S) groups is 1. The Labute approximate surface area is 183 Å². The number of anilines is 1. The Bertz CT molecular complexity index is 1110. The standard InChI is InChI=1S/C22H19N3O5S/c1-29-21(28)15-7-4-6-14(12-15)19(26)25-22(31)24-18-10-3-2-9-17(18)20(27)23-13-16-8-5-11-30-16/h2-12H,13H2,1H3,(H,23,27)(H2,24,25,26,31). The molecular weight excluding hydrogens is 418 g/mol. The fraction of sp³-hybridized carbons (Fsp3) is 0.0909. The van der Waals surface area contributed by atoms with E-state index in [0.29, 0.717) is 17.0 Å². The molecule has 1 heterocycles. The van der Waals surface area contributed by atoms with Crippen molar-refractivity contribution in [3.8, 4) is 0 Å². The van der Waals surface area contributed by atoms with Crippen LogP contribution in [0.3, 0.4) is 0 Å². The predicted octanol–water partition coefficient (Wildman–Crippen LogP) is 3.12. The van der Waals surface area contributed by atoms with Crippen LogP contribution in [-0.2, 0) is 11.3 Å². The minimum atomic E-state index is -0.551. The maximum Gasteiger partial charge on any atom is 0.337 e. The number of esters is 1. The van der Waals surface area contributed by atoms with Crippen molar-refractivity contribution >= 4 is 40.8 Å². The number of para-hydroxylation sites is 1. The molecule has 0 fully saturated rings. The third-order valence-corrected chi connectivity index (χ3v) is 4.40. The van der Waals surface area contributed by atoms with Gasteiger partial charge in [-0.05, 0) is 54.7 Å². The number of benzene rings is 2. The molecule has 3 aromatic rings. The Kier molecular flexibility index (Phi) is 7.13. The fourth-order valence-electron chi connectivity index (χ4n) is 2.70. The monoisotopic (exact) mass is 437 g/mol. The molecule has 0 unspecified atom stereocenters. The number of amides is 2. The molecule has 2 aromatic carbocycles. The molecule has 0 radical (unpaired) electrons. The zero-order valence-corrected chi connectivity index (χ0v) is 17.3. The van der Waals surface area contributed by atoms with Crippen molar-refractivity contribution in [1.82, 2.24) is 10.6 Å². The van der Waals surface area contributed by atoms with E-state index < -0.39 is 11.9 Å². The van der Waals surface area contributed by atoms with Gasteiger partial charge in [0.1, 0.15) is 5.76 Å². The number of nitrogens with one attached hydrogen (secondary N) is 3. The molecule has 3 N–H and O–H groups in total. The van der Waals surface area contributed by atoms with Gasteiger partial charge in [0.2, 0.25) is 0 Å². The van der Waals surface area contributed by atoms with Gasteiger partial charge in [-0.25, -0.2) is 4.79 Å². The molecular formula is C22H19N3O5S. The summed E-state index contributed by atoms with van der Waals surface area (Å²) >= 11 is 5.21. The lowest BCUT2D eigenvalue weighted by molar-refractivity contribution is 0.0600. The smallest absolute Gasteiger partial charge is 0.337 e. The van der Waals surface area contributed by atoms with Gasteiger partial charge in [0.05, 0.1) is 36.7 Å². The molecule has 158 valence electrons. The molecule has 0 aliphatic rings. The number of carbonyl (C=O) groups excluding carboxylic acids is 3. The van der Waals surface area contributed by atoms with E-state index in [1.807, 2.05) is 0 Å². The summed E-state index contributed by atoms with van der Waals surface area (Å²) in [5.74, 6) is -0.775. The minimum Gasteiger partial charge on any atom is -0.467 e. The van der Waals surface area contributed by atoms with Crippen molar-refractivity contribution in [2.24, 2.45) is 0 Å². The van der Waals surface area contributed by atoms with Gasteiger partial charge in [0.25, 0.3) is 11.8 Å². The van der Waals surface area contributed by atoms with Crippen LogP contribution >= 0.6 is 12.2 Å². The van der Waals surface area contributed by atoms with E-state index in [0.717, 1.165) is 0 Å². The first-order chi connectivity index (χ1) is 15.0. The average Bonchev–Trinajstić information content (AvgIpc) is 3.31. The highest BCUT2D eigenvalue weighted by Gasteiger charge is 2.15. The Morgan fingerprint density at radius 1 is 0.968 bits per heavy atom. The van der Waals surface area contributed by atoms with Crippen molar-refractivity contribution in [1.29, 1.82) is 0 Å². The second-order valence-corrected chi connectivity index (χ2v) is 6.70. The minimum absolute atomic E-state index is 0.000226. The molecule has 9 heteroatoms. The number of rotatable bonds is 6. The Morgan fingerprint density at radius 3 is 2.48 bits per heavy atom. The Balaban J connectivity index is 1.65. The number of furan rings is 1. The van der Waals surface area contributed by atoms with Crippen LogP contribution in [0.4, 0.5) is 5.69 Å². The summed E-state index contributed by atoms with van der Waals surface area (Å²) in [6.45, 7) is 0.234. The van der Waals surface area contributed by atoms with E-state index in [9.17, 15) is 14.4 Å². The average molecular weight is 437 g/mol. The van der Waals surface area contributed by atoms with Crippen LogP contribution < -0.4 is 16.0 Å². The lowest BCUT2D eigenvalue weighted by Crippen LogP contribution is -2.35. The van der Waals surface area contributed by atoms with Crippen LogP contribution in [-0.4, -0.2) is 30.0 Å². The quantitative estimate of drug-likeness (QED) is 0.401.